The standard InChI is InChI=1S/C17H33N3OS2/c1-3-4-5-6-7-8-11-15(21)19-12-9-10-14(2)13-20-17(23)16(18)22/h14H,3-13H2,1-2H3,(H2,18,22)(H,19,21)(H,20,23). The molecule has 0 fully saturated rings. The van der Waals surface area contributed by atoms with Gasteiger partial charge in [0.1, 0.15) is 9.98 Å². The van der Waals surface area contributed by atoms with Crippen LogP contribution in [0.15, 0.2) is 0 Å². The summed E-state index contributed by atoms with van der Waals surface area (Å²) in [6, 6.07) is 0. The summed E-state index contributed by atoms with van der Waals surface area (Å²) >= 11 is 9.80. The first-order valence-corrected chi connectivity index (χ1v) is 9.63. The van der Waals surface area contributed by atoms with E-state index < -0.39 is 0 Å². The van der Waals surface area contributed by atoms with Crippen LogP contribution in [0.3, 0.4) is 0 Å². The third-order valence-corrected chi connectivity index (χ3v) is 4.49. The quantitative estimate of drug-likeness (QED) is 0.347. The Morgan fingerprint density at radius 2 is 1.70 bits per heavy atom. The number of thiocarbonyl (C=S) groups is 2. The summed E-state index contributed by atoms with van der Waals surface area (Å²) in [7, 11) is 0. The fourth-order valence-electron chi connectivity index (χ4n) is 2.29. The number of carbonyl (C=O) groups excluding carboxylic acids is 1. The smallest absolute Gasteiger partial charge is 0.219 e. The van der Waals surface area contributed by atoms with Gasteiger partial charge >= 0.3 is 0 Å². The van der Waals surface area contributed by atoms with E-state index in [0.717, 1.165) is 32.4 Å². The third-order valence-electron chi connectivity index (χ3n) is 3.79. The molecule has 0 rings (SSSR count). The molecule has 4 nitrogen and oxygen atoms in total. The Morgan fingerprint density at radius 3 is 2.35 bits per heavy atom. The molecule has 0 radical (unpaired) electrons. The predicted molar refractivity (Wildman–Crippen MR) is 107 cm³/mol. The average Bonchev–Trinajstić information content (AvgIpc) is 2.52. The highest BCUT2D eigenvalue weighted by Crippen LogP contribution is 2.07. The van der Waals surface area contributed by atoms with Crippen LogP contribution in [0.4, 0.5) is 0 Å². The minimum Gasteiger partial charge on any atom is -0.388 e. The number of hydrogen-bond donors (Lipinski definition) is 3. The van der Waals surface area contributed by atoms with Crippen molar-refractivity contribution in [3.63, 3.8) is 0 Å². The largest absolute Gasteiger partial charge is 0.388 e. The van der Waals surface area contributed by atoms with Crippen molar-refractivity contribution in [3.8, 4) is 0 Å². The highest BCUT2D eigenvalue weighted by molar-refractivity contribution is 7.89. The van der Waals surface area contributed by atoms with Crippen molar-refractivity contribution in [1.82, 2.24) is 10.6 Å². The lowest BCUT2D eigenvalue weighted by molar-refractivity contribution is -0.121. The lowest BCUT2D eigenvalue weighted by Gasteiger charge is -2.13. The van der Waals surface area contributed by atoms with E-state index in [2.05, 4.69) is 24.5 Å². The molecule has 0 aliphatic rings. The number of rotatable bonds is 13. The van der Waals surface area contributed by atoms with Gasteiger partial charge in [-0.1, -0.05) is 70.4 Å². The van der Waals surface area contributed by atoms with Gasteiger partial charge in [-0.05, 0) is 25.2 Å². The van der Waals surface area contributed by atoms with E-state index in [0.29, 0.717) is 17.3 Å². The Labute approximate surface area is 152 Å². The van der Waals surface area contributed by atoms with Crippen LogP contribution in [0.2, 0.25) is 0 Å². The normalized spacial score (nSPS) is 11.7. The summed E-state index contributed by atoms with van der Waals surface area (Å²) in [4.78, 5) is 12.4. The number of hydrogen-bond acceptors (Lipinski definition) is 3. The predicted octanol–water partition coefficient (Wildman–Crippen LogP) is 3.47. The van der Waals surface area contributed by atoms with E-state index in [4.69, 9.17) is 30.2 Å². The van der Waals surface area contributed by atoms with Crippen LogP contribution in [-0.4, -0.2) is 29.0 Å². The Morgan fingerprint density at radius 1 is 1.04 bits per heavy atom. The lowest BCUT2D eigenvalue weighted by atomic mass is 10.1. The van der Waals surface area contributed by atoms with E-state index in [9.17, 15) is 4.79 Å². The maximum atomic E-state index is 11.7. The molecule has 0 saturated heterocycles. The van der Waals surface area contributed by atoms with Gasteiger partial charge in [-0.15, -0.1) is 0 Å². The molecule has 1 atom stereocenters. The maximum absolute atomic E-state index is 11.7. The van der Waals surface area contributed by atoms with Crippen LogP contribution in [0.25, 0.3) is 0 Å². The number of amides is 1. The van der Waals surface area contributed by atoms with Crippen molar-refractivity contribution in [3.05, 3.63) is 0 Å². The molecular weight excluding hydrogens is 326 g/mol. The van der Waals surface area contributed by atoms with Crippen molar-refractivity contribution in [1.29, 1.82) is 0 Å². The first kappa shape index (κ1) is 22.2. The zero-order valence-corrected chi connectivity index (χ0v) is 16.3. The van der Waals surface area contributed by atoms with Crippen LogP contribution in [0, 0.1) is 5.92 Å². The van der Waals surface area contributed by atoms with Gasteiger partial charge in [0.25, 0.3) is 0 Å². The van der Waals surface area contributed by atoms with Gasteiger partial charge in [0, 0.05) is 19.5 Å². The molecule has 0 aromatic carbocycles. The first-order valence-electron chi connectivity index (χ1n) is 8.81. The van der Waals surface area contributed by atoms with Crippen LogP contribution < -0.4 is 16.4 Å². The van der Waals surface area contributed by atoms with Crippen molar-refractivity contribution in [2.24, 2.45) is 11.7 Å². The monoisotopic (exact) mass is 359 g/mol. The summed E-state index contributed by atoms with van der Waals surface area (Å²) in [6.45, 7) is 5.87. The van der Waals surface area contributed by atoms with Gasteiger partial charge in [0.05, 0.1) is 0 Å². The topological polar surface area (TPSA) is 67.2 Å². The van der Waals surface area contributed by atoms with Crippen molar-refractivity contribution in [2.45, 2.75) is 71.6 Å². The van der Waals surface area contributed by atoms with Crippen LogP contribution in [0.1, 0.15) is 71.6 Å². The van der Waals surface area contributed by atoms with Gasteiger partial charge in [0.15, 0.2) is 0 Å². The molecule has 0 aliphatic heterocycles. The summed E-state index contributed by atoms with van der Waals surface area (Å²) in [5.41, 5.74) is 5.43. The molecule has 6 heteroatoms. The number of nitrogens with two attached hydrogens (primary N) is 1. The summed E-state index contributed by atoms with van der Waals surface area (Å²) in [5, 5.41) is 6.06. The van der Waals surface area contributed by atoms with Crippen molar-refractivity contribution < 1.29 is 4.79 Å². The minimum atomic E-state index is 0.181. The van der Waals surface area contributed by atoms with Gasteiger partial charge in [-0.3, -0.25) is 4.79 Å². The number of unbranched alkanes of at least 4 members (excludes halogenated alkanes) is 5. The van der Waals surface area contributed by atoms with Crippen LogP contribution >= 0.6 is 24.4 Å². The molecule has 23 heavy (non-hydrogen) atoms. The van der Waals surface area contributed by atoms with Gasteiger partial charge in [-0.2, -0.15) is 0 Å². The Hall–Kier alpha value is -0.750. The second-order valence-electron chi connectivity index (χ2n) is 6.19. The molecule has 0 aromatic heterocycles. The first-order chi connectivity index (χ1) is 11.0. The van der Waals surface area contributed by atoms with E-state index in [1.807, 2.05) is 0 Å². The molecular formula is C17H33N3OS2. The Balaban J connectivity index is 3.47. The fourth-order valence-corrected chi connectivity index (χ4v) is 2.44. The molecule has 0 bridgehead atoms. The van der Waals surface area contributed by atoms with Crippen molar-refractivity contribution >= 4 is 40.3 Å². The maximum Gasteiger partial charge on any atom is 0.219 e. The zero-order valence-electron chi connectivity index (χ0n) is 14.7. The molecule has 1 amide bonds. The highest BCUT2D eigenvalue weighted by Gasteiger charge is 2.05. The summed E-state index contributed by atoms with van der Waals surface area (Å²) in [6.07, 6.45) is 9.95. The Kier molecular flexibility index (Phi) is 14.3. The van der Waals surface area contributed by atoms with Gasteiger partial charge in [-0.25, -0.2) is 0 Å². The Bertz CT molecular complexity index is 362. The molecule has 0 spiro atoms. The highest BCUT2D eigenvalue weighted by atomic mass is 32.1. The van der Waals surface area contributed by atoms with Crippen molar-refractivity contribution in [2.75, 3.05) is 13.1 Å². The van der Waals surface area contributed by atoms with E-state index in [1.54, 1.807) is 0 Å². The lowest BCUT2D eigenvalue weighted by Crippen LogP contribution is -2.35. The molecule has 0 aliphatic carbocycles. The molecule has 4 N–H and O–H groups in total. The second-order valence-corrected chi connectivity index (χ2v) is 7.04. The average molecular weight is 360 g/mol. The van der Waals surface area contributed by atoms with E-state index >= 15 is 0 Å². The molecule has 1 unspecified atom stereocenters. The van der Waals surface area contributed by atoms with Gasteiger partial charge in [0.2, 0.25) is 5.91 Å². The summed E-state index contributed by atoms with van der Waals surface area (Å²) in [5.74, 6) is 0.652. The van der Waals surface area contributed by atoms with Gasteiger partial charge < -0.3 is 16.4 Å². The SMILES string of the molecule is CCCCCCCCC(=O)NCCCC(C)CNC(=S)C(N)=S. The number of carbonyl (C=O) groups is 1. The molecule has 0 heterocycles. The van der Waals surface area contributed by atoms with E-state index in [1.165, 1.54) is 32.1 Å². The molecule has 134 valence electrons. The van der Waals surface area contributed by atoms with Crippen LogP contribution in [0.5, 0.6) is 0 Å². The third kappa shape index (κ3) is 14.6. The zero-order chi connectivity index (χ0) is 17.5. The minimum absolute atomic E-state index is 0.181. The van der Waals surface area contributed by atoms with E-state index in [-0.39, 0.29) is 10.9 Å². The second kappa shape index (κ2) is 14.8. The summed E-state index contributed by atoms with van der Waals surface area (Å²) < 4.78 is 0. The molecule has 0 aromatic rings. The number of nitrogens with one attached hydrogen (secondary N) is 2. The molecule has 0 saturated carbocycles. The van der Waals surface area contributed by atoms with Crippen LogP contribution in [-0.2, 0) is 4.79 Å². The fraction of sp³-hybridized carbons (Fsp3) is 0.824.